The average Bonchev–Trinajstić information content (AvgIpc) is 2.35. The van der Waals surface area contributed by atoms with E-state index in [9.17, 15) is 9.59 Å². The van der Waals surface area contributed by atoms with Crippen molar-refractivity contribution in [3.8, 4) is 0 Å². The topological polar surface area (TPSA) is 66.9 Å². The molecule has 0 amide bonds. The van der Waals surface area contributed by atoms with Gasteiger partial charge in [-0.05, 0) is 39.1 Å². The van der Waals surface area contributed by atoms with Gasteiger partial charge in [0.25, 0.3) is 5.56 Å². The van der Waals surface area contributed by atoms with E-state index in [1.165, 1.54) is 4.57 Å². The third kappa shape index (κ3) is 2.36. The summed E-state index contributed by atoms with van der Waals surface area (Å²) < 4.78 is 1.26. The van der Waals surface area contributed by atoms with E-state index in [-0.39, 0.29) is 11.2 Å². The minimum absolute atomic E-state index is 0.214. The van der Waals surface area contributed by atoms with Gasteiger partial charge >= 0.3 is 5.69 Å². The number of aryl methyl sites for hydroxylation is 1. The molecule has 18 heavy (non-hydrogen) atoms. The molecule has 0 saturated heterocycles. The van der Waals surface area contributed by atoms with Crippen LogP contribution in [0.4, 0.5) is 0 Å². The molecule has 0 aliphatic heterocycles. The summed E-state index contributed by atoms with van der Waals surface area (Å²) in [7, 11) is 1.84. The molecule has 2 rings (SSSR count). The van der Waals surface area contributed by atoms with Crippen molar-refractivity contribution in [1.82, 2.24) is 14.9 Å². The molecule has 5 heteroatoms. The van der Waals surface area contributed by atoms with E-state index in [4.69, 9.17) is 0 Å². The Morgan fingerprint density at radius 3 is 2.83 bits per heavy atom. The summed E-state index contributed by atoms with van der Waals surface area (Å²) in [5.41, 5.74) is 1.05. The number of aromatic amines is 1. The minimum Gasteiger partial charge on any atom is -0.320 e. The largest absolute Gasteiger partial charge is 0.328 e. The Morgan fingerprint density at radius 1 is 1.33 bits per heavy atom. The molecule has 0 aliphatic carbocycles. The first kappa shape index (κ1) is 12.6. The van der Waals surface area contributed by atoms with Crippen molar-refractivity contribution in [3.05, 3.63) is 44.6 Å². The van der Waals surface area contributed by atoms with Crippen molar-refractivity contribution >= 4 is 10.9 Å². The van der Waals surface area contributed by atoms with Gasteiger partial charge in [-0.3, -0.25) is 9.36 Å². The number of H-pyrrole nitrogens is 1. The summed E-state index contributed by atoms with van der Waals surface area (Å²) in [4.78, 5) is 26.8. The molecule has 2 aromatic rings. The molecule has 0 spiro atoms. The van der Waals surface area contributed by atoms with E-state index in [1.807, 2.05) is 26.1 Å². The molecule has 0 fully saturated rings. The van der Waals surface area contributed by atoms with Crippen LogP contribution in [0.15, 0.2) is 27.8 Å². The monoisotopic (exact) mass is 247 g/mol. The highest BCUT2D eigenvalue weighted by Gasteiger charge is 2.07. The maximum Gasteiger partial charge on any atom is 0.328 e. The Bertz CT molecular complexity index is 670. The van der Waals surface area contributed by atoms with Gasteiger partial charge in [0.05, 0.1) is 10.9 Å². The predicted octanol–water partition coefficient (Wildman–Crippen LogP) is 0.608. The Balaban J connectivity index is 2.53. The smallest absolute Gasteiger partial charge is 0.320 e. The van der Waals surface area contributed by atoms with E-state index in [1.54, 1.807) is 6.07 Å². The lowest BCUT2D eigenvalue weighted by Gasteiger charge is -2.06. The lowest BCUT2D eigenvalue weighted by Crippen LogP contribution is -2.35. The zero-order chi connectivity index (χ0) is 13.1. The lowest BCUT2D eigenvalue weighted by atomic mass is 10.2. The molecule has 0 aliphatic rings. The fourth-order valence-electron chi connectivity index (χ4n) is 1.98. The third-order valence-electron chi connectivity index (χ3n) is 2.95. The second kappa shape index (κ2) is 5.18. The van der Waals surface area contributed by atoms with Gasteiger partial charge in [0.15, 0.2) is 0 Å². The SMILES string of the molecule is CNCCCn1c(=O)[nH]c2ccc(C)cc2c1=O. The van der Waals surface area contributed by atoms with Gasteiger partial charge in [-0.2, -0.15) is 0 Å². The molecule has 1 heterocycles. The number of hydrogen-bond donors (Lipinski definition) is 2. The minimum atomic E-state index is -0.340. The molecule has 0 bridgehead atoms. The normalized spacial score (nSPS) is 11.0. The lowest BCUT2D eigenvalue weighted by molar-refractivity contribution is 0.578. The Hall–Kier alpha value is -1.88. The Labute approximate surface area is 104 Å². The van der Waals surface area contributed by atoms with Crippen LogP contribution in [0.5, 0.6) is 0 Å². The molecule has 2 N–H and O–H groups in total. The van der Waals surface area contributed by atoms with Crippen LogP contribution in [0.2, 0.25) is 0 Å². The maximum atomic E-state index is 12.2. The van der Waals surface area contributed by atoms with Crippen LogP contribution in [-0.4, -0.2) is 23.1 Å². The number of hydrogen-bond acceptors (Lipinski definition) is 3. The van der Waals surface area contributed by atoms with Crippen molar-refractivity contribution < 1.29 is 0 Å². The number of benzene rings is 1. The maximum absolute atomic E-state index is 12.2. The molecule has 1 aromatic heterocycles. The third-order valence-corrected chi connectivity index (χ3v) is 2.95. The molecule has 96 valence electrons. The van der Waals surface area contributed by atoms with Crippen molar-refractivity contribution in [2.75, 3.05) is 13.6 Å². The second-order valence-electron chi connectivity index (χ2n) is 4.39. The number of rotatable bonds is 4. The summed E-state index contributed by atoms with van der Waals surface area (Å²) in [5.74, 6) is 0. The molecule has 0 unspecified atom stereocenters. The van der Waals surface area contributed by atoms with Gasteiger partial charge in [-0.15, -0.1) is 0 Å². The number of nitrogens with zero attached hydrogens (tertiary/aromatic N) is 1. The first-order valence-electron chi connectivity index (χ1n) is 6.01. The van der Waals surface area contributed by atoms with E-state index in [0.717, 1.165) is 18.5 Å². The van der Waals surface area contributed by atoms with E-state index in [0.29, 0.717) is 17.4 Å². The summed E-state index contributed by atoms with van der Waals surface area (Å²) in [6.45, 7) is 3.13. The van der Waals surface area contributed by atoms with E-state index < -0.39 is 0 Å². The van der Waals surface area contributed by atoms with Crippen molar-refractivity contribution in [2.45, 2.75) is 19.9 Å². The fraction of sp³-hybridized carbons (Fsp3) is 0.385. The molecular weight excluding hydrogens is 230 g/mol. The molecule has 0 radical (unpaired) electrons. The van der Waals surface area contributed by atoms with Gasteiger partial charge in [-0.25, -0.2) is 4.79 Å². The number of nitrogens with one attached hydrogen (secondary N) is 2. The van der Waals surface area contributed by atoms with Gasteiger partial charge in [0, 0.05) is 6.54 Å². The van der Waals surface area contributed by atoms with Crippen molar-refractivity contribution in [1.29, 1.82) is 0 Å². The molecule has 1 aromatic carbocycles. The van der Waals surface area contributed by atoms with Crippen LogP contribution < -0.4 is 16.6 Å². The number of aromatic nitrogens is 2. The quantitative estimate of drug-likeness (QED) is 0.778. The molecule has 0 saturated carbocycles. The fourth-order valence-corrected chi connectivity index (χ4v) is 1.98. The number of fused-ring (bicyclic) bond motifs is 1. The molecule has 5 nitrogen and oxygen atoms in total. The highest BCUT2D eigenvalue weighted by atomic mass is 16.2. The van der Waals surface area contributed by atoms with Crippen LogP contribution in [-0.2, 0) is 6.54 Å². The second-order valence-corrected chi connectivity index (χ2v) is 4.39. The van der Waals surface area contributed by atoms with Crippen LogP contribution in [0, 0.1) is 6.92 Å². The highest BCUT2D eigenvalue weighted by molar-refractivity contribution is 5.77. The van der Waals surface area contributed by atoms with Gasteiger partial charge in [0.1, 0.15) is 0 Å². The standard InChI is InChI=1S/C13H17N3O2/c1-9-4-5-11-10(8-9)12(17)16(13(18)15-11)7-3-6-14-2/h4-5,8,14H,3,6-7H2,1-2H3,(H,15,18). The van der Waals surface area contributed by atoms with E-state index in [2.05, 4.69) is 10.3 Å². The summed E-state index contributed by atoms with van der Waals surface area (Å²) in [6, 6.07) is 5.45. The summed E-state index contributed by atoms with van der Waals surface area (Å²) >= 11 is 0. The van der Waals surface area contributed by atoms with Crippen LogP contribution in [0.25, 0.3) is 10.9 Å². The zero-order valence-corrected chi connectivity index (χ0v) is 10.6. The highest BCUT2D eigenvalue weighted by Crippen LogP contribution is 2.07. The van der Waals surface area contributed by atoms with E-state index >= 15 is 0 Å². The van der Waals surface area contributed by atoms with Crippen LogP contribution >= 0.6 is 0 Å². The first-order chi connectivity index (χ1) is 8.63. The van der Waals surface area contributed by atoms with Gasteiger partial charge < -0.3 is 10.3 Å². The zero-order valence-electron chi connectivity index (χ0n) is 10.6. The predicted molar refractivity (Wildman–Crippen MR) is 72.1 cm³/mol. The molecule has 0 atom stereocenters. The molecular formula is C13H17N3O2. The van der Waals surface area contributed by atoms with Crippen LogP contribution in [0.1, 0.15) is 12.0 Å². The summed E-state index contributed by atoms with van der Waals surface area (Å²) in [5, 5.41) is 3.56. The average molecular weight is 247 g/mol. The van der Waals surface area contributed by atoms with Gasteiger partial charge in [-0.1, -0.05) is 11.6 Å². The van der Waals surface area contributed by atoms with Gasteiger partial charge in [0.2, 0.25) is 0 Å². The first-order valence-corrected chi connectivity index (χ1v) is 6.01. The summed E-state index contributed by atoms with van der Waals surface area (Å²) in [6.07, 6.45) is 0.747. The van der Waals surface area contributed by atoms with Crippen LogP contribution in [0.3, 0.4) is 0 Å². The van der Waals surface area contributed by atoms with Crippen molar-refractivity contribution in [2.24, 2.45) is 0 Å². The van der Waals surface area contributed by atoms with Crippen molar-refractivity contribution in [3.63, 3.8) is 0 Å². The Kier molecular flexibility index (Phi) is 3.62. The Morgan fingerprint density at radius 2 is 2.11 bits per heavy atom.